The van der Waals surface area contributed by atoms with Gasteiger partial charge in [0, 0.05) is 6.04 Å². The molecule has 0 fully saturated rings. The normalized spacial score (nSPS) is 17.3. The summed E-state index contributed by atoms with van der Waals surface area (Å²) < 4.78 is 0. The minimum Gasteiger partial charge on any atom is -0.353 e. The molecule has 0 aliphatic carbocycles. The first-order valence-corrected chi connectivity index (χ1v) is 6.38. The Labute approximate surface area is 99.6 Å². The van der Waals surface area contributed by atoms with Gasteiger partial charge in [-0.25, -0.2) is 0 Å². The second-order valence-corrected chi connectivity index (χ2v) is 5.40. The number of thiol groups is 1. The van der Waals surface area contributed by atoms with Crippen molar-refractivity contribution in [2.24, 2.45) is 11.8 Å². The van der Waals surface area contributed by atoms with Crippen LogP contribution in [-0.4, -0.2) is 17.2 Å². The van der Waals surface area contributed by atoms with E-state index < -0.39 is 0 Å². The van der Waals surface area contributed by atoms with Crippen molar-refractivity contribution >= 4 is 18.5 Å². The molecule has 3 atom stereocenters. The molecule has 0 saturated carbocycles. The number of hydrogen-bond donors (Lipinski definition) is 2. The van der Waals surface area contributed by atoms with Crippen molar-refractivity contribution in [2.75, 3.05) is 0 Å². The molecule has 0 heterocycles. The molecule has 3 unspecified atom stereocenters. The lowest BCUT2D eigenvalue weighted by Gasteiger charge is -2.21. The van der Waals surface area contributed by atoms with Crippen LogP contribution in [0, 0.1) is 11.8 Å². The van der Waals surface area contributed by atoms with E-state index in [1.54, 1.807) is 0 Å². The zero-order valence-corrected chi connectivity index (χ0v) is 11.5. The Kier molecular flexibility index (Phi) is 7.07. The Bertz CT molecular complexity index is 194. The summed E-state index contributed by atoms with van der Waals surface area (Å²) >= 11 is 4.30. The first-order chi connectivity index (χ1) is 6.88. The van der Waals surface area contributed by atoms with Gasteiger partial charge in [-0.2, -0.15) is 12.6 Å². The summed E-state index contributed by atoms with van der Waals surface area (Å²) in [5, 5.41) is 2.82. The molecule has 15 heavy (non-hydrogen) atoms. The van der Waals surface area contributed by atoms with Crippen molar-refractivity contribution in [3.63, 3.8) is 0 Å². The number of hydrogen-bond acceptors (Lipinski definition) is 2. The van der Waals surface area contributed by atoms with Gasteiger partial charge >= 0.3 is 0 Å². The van der Waals surface area contributed by atoms with Crippen molar-refractivity contribution in [2.45, 2.75) is 58.8 Å². The lowest BCUT2D eigenvalue weighted by atomic mass is 10.00. The summed E-state index contributed by atoms with van der Waals surface area (Å²) in [7, 11) is 0. The van der Waals surface area contributed by atoms with E-state index >= 15 is 0 Å². The van der Waals surface area contributed by atoms with Crippen LogP contribution in [0.3, 0.4) is 0 Å². The molecule has 1 N–H and O–H groups in total. The SMILES string of the molecule is CCC(C)CC(C)NC(=O)C(S)C(C)C. The van der Waals surface area contributed by atoms with Gasteiger partial charge in [0.15, 0.2) is 0 Å². The van der Waals surface area contributed by atoms with Crippen molar-refractivity contribution in [1.29, 1.82) is 0 Å². The molecule has 1 amide bonds. The molecule has 0 aliphatic rings. The summed E-state index contributed by atoms with van der Waals surface area (Å²) in [6.45, 7) is 10.5. The van der Waals surface area contributed by atoms with Crippen LogP contribution < -0.4 is 5.32 Å². The standard InChI is InChI=1S/C12H25NOS/c1-6-9(4)7-10(5)13-12(14)11(15)8(2)3/h8-11,15H,6-7H2,1-5H3,(H,13,14). The maximum atomic E-state index is 11.7. The molecule has 0 radical (unpaired) electrons. The summed E-state index contributed by atoms with van der Waals surface area (Å²) in [4.78, 5) is 11.7. The summed E-state index contributed by atoms with van der Waals surface area (Å²) in [6, 6.07) is 0.251. The molecule has 90 valence electrons. The first-order valence-electron chi connectivity index (χ1n) is 5.86. The number of nitrogens with one attached hydrogen (secondary N) is 1. The van der Waals surface area contributed by atoms with Crippen LogP contribution in [0.5, 0.6) is 0 Å². The molecule has 3 heteroatoms. The molecule has 0 aliphatic heterocycles. The predicted molar refractivity (Wildman–Crippen MR) is 69.3 cm³/mol. The molecule has 0 saturated heterocycles. The van der Waals surface area contributed by atoms with E-state index in [-0.39, 0.29) is 23.1 Å². The van der Waals surface area contributed by atoms with Crippen molar-refractivity contribution in [3.05, 3.63) is 0 Å². The van der Waals surface area contributed by atoms with E-state index in [4.69, 9.17) is 0 Å². The van der Waals surface area contributed by atoms with Crippen molar-refractivity contribution in [3.8, 4) is 0 Å². The fraction of sp³-hybridized carbons (Fsp3) is 0.917. The predicted octanol–water partition coefficient (Wildman–Crippen LogP) is 2.88. The van der Waals surface area contributed by atoms with E-state index in [0.717, 1.165) is 12.8 Å². The smallest absolute Gasteiger partial charge is 0.233 e. The Morgan fingerprint density at radius 3 is 2.20 bits per heavy atom. The van der Waals surface area contributed by atoms with Gasteiger partial charge in [-0.15, -0.1) is 0 Å². The highest BCUT2D eigenvalue weighted by molar-refractivity contribution is 7.81. The van der Waals surface area contributed by atoms with Gasteiger partial charge in [-0.3, -0.25) is 4.79 Å². The van der Waals surface area contributed by atoms with Crippen LogP contribution in [0.4, 0.5) is 0 Å². The van der Waals surface area contributed by atoms with E-state index in [0.29, 0.717) is 5.92 Å². The zero-order valence-electron chi connectivity index (χ0n) is 10.6. The Morgan fingerprint density at radius 2 is 1.80 bits per heavy atom. The van der Waals surface area contributed by atoms with Crippen molar-refractivity contribution < 1.29 is 4.79 Å². The average Bonchev–Trinajstić information content (AvgIpc) is 2.15. The maximum Gasteiger partial charge on any atom is 0.233 e. The fourth-order valence-corrected chi connectivity index (χ4v) is 1.53. The second-order valence-electron chi connectivity index (χ2n) is 4.85. The van der Waals surface area contributed by atoms with Crippen LogP contribution in [0.15, 0.2) is 0 Å². The summed E-state index contributed by atoms with van der Waals surface area (Å²) in [6.07, 6.45) is 2.20. The van der Waals surface area contributed by atoms with Crippen LogP contribution in [0.2, 0.25) is 0 Å². The number of carbonyl (C=O) groups is 1. The van der Waals surface area contributed by atoms with E-state index in [1.807, 2.05) is 13.8 Å². The second kappa shape index (κ2) is 7.15. The van der Waals surface area contributed by atoms with Gasteiger partial charge in [-0.1, -0.05) is 34.1 Å². The van der Waals surface area contributed by atoms with Crippen molar-refractivity contribution in [1.82, 2.24) is 5.32 Å². The highest BCUT2D eigenvalue weighted by Gasteiger charge is 2.19. The molecule has 0 aromatic carbocycles. The van der Waals surface area contributed by atoms with Gasteiger partial charge in [0.05, 0.1) is 5.25 Å². The third kappa shape index (κ3) is 6.08. The zero-order chi connectivity index (χ0) is 12.0. The van der Waals surface area contributed by atoms with Crippen LogP contribution in [-0.2, 0) is 4.79 Å². The van der Waals surface area contributed by atoms with Crippen LogP contribution in [0.1, 0.15) is 47.5 Å². The first kappa shape index (κ1) is 14.8. The Hall–Kier alpha value is -0.180. The van der Waals surface area contributed by atoms with E-state index in [1.165, 1.54) is 0 Å². The molecule has 0 spiro atoms. The monoisotopic (exact) mass is 231 g/mol. The number of amides is 1. The lowest BCUT2D eigenvalue weighted by Crippen LogP contribution is -2.40. The third-order valence-electron chi connectivity index (χ3n) is 2.74. The van der Waals surface area contributed by atoms with Crippen LogP contribution >= 0.6 is 12.6 Å². The minimum absolute atomic E-state index is 0.0594. The molecule has 2 nitrogen and oxygen atoms in total. The molecule has 0 rings (SSSR count). The average molecular weight is 231 g/mol. The topological polar surface area (TPSA) is 29.1 Å². The number of rotatable bonds is 6. The summed E-state index contributed by atoms with van der Waals surface area (Å²) in [5.41, 5.74) is 0. The molecule has 0 aromatic rings. The minimum atomic E-state index is -0.190. The van der Waals surface area contributed by atoms with Crippen LogP contribution in [0.25, 0.3) is 0 Å². The Balaban J connectivity index is 3.96. The summed E-state index contributed by atoms with van der Waals surface area (Å²) in [5.74, 6) is 1.01. The quantitative estimate of drug-likeness (QED) is 0.676. The van der Waals surface area contributed by atoms with Gasteiger partial charge in [0.2, 0.25) is 5.91 Å². The van der Waals surface area contributed by atoms with E-state index in [9.17, 15) is 4.79 Å². The van der Waals surface area contributed by atoms with Gasteiger partial charge < -0.3 is 5.32 Å². The third-order valence-corrected chi connectivity index (χ3v) is 3.57. The van der Waals surface area contributed by atoms with E-state index in [2.05, 4.69) is 38.7 Å². The number of carbonyl (C=O) groups excluding carboxylic acids is 1. The van der Waals surface area contributed by atoms with Gasteiger partial charge in [0.25, 0.3) is 0 Å². The van der Waals surface area contributed by atoms with Gasteiger partial charge in [0.1, 0.15) is 0 Å². The lowest BCUT2D eigenvalue weighted by molar-refractivity contribution is -0.121. The highest BCUT2D eigenvalue weighted by atomic mass is 32.1. The largest absolute Gasteiger partial charge is 0.353 e. The maximum absolute atomic E-state index is 11.7. The molecular weight excluding hydrogens is 206 g/mol. The molecule has 0 aromatic heterocycles. The fourth-order valence-electron chi connectivity index (χ4n) is 1.46. The van der Waals surface area contributed by atoms with Gasteiger partial charge in [-0.05, 0) is 25.2 Å². The molecule has 0 bridgehead atoms. The molecular formula is C12H25NOS. The Morgan fingerprint density at radius 1 is 1.27 bits per heavy atom. The highest BCUT2D eigenvalue weighted by Crippen LogP contribution is 2.12.